The molecule has 0 atom stereocenters. The maximum atomic E-state index is 12.9. The van der Waals surface area contributed by atoms with Crippen molar-refractivity contribution < 1.29 is 4.79 Å². The van der Waals surface area contributed by atoms with Crippen LogP contribution in [0.2, 0.25) is 0 Å². The third kappa shape index (κ3) is 4.73. The Morgan fingerprint density at radius 2 is 1.97 bits per heavy atom. The highest BCUT2D eigenvalue weighted by atomic mass is 32.2. The molecule has 0 spiro atoms. The number of thiazole rings is 1. The molecule has 172 valence electrons. The molecular formula is C24H22N6O2S2. The first-order chi connectivity index (χ1) is 16.6. The molecule has 5 rings (SSSR count). The van der Waals surface area contributed by atoms with E-state index in [1.165, 1.54) is 11.8 Å². The number of hydrogen-bond acceptors (Lipinski definition) is 7. The van der Waals surface area contributed by atoms with Gasteiger partial charge in [0.25, 0.3) is 5.56 Å². The molecule has 0 aliphatic carbocycles. The average Bonchev–Trinajstić information content (AvgIpc) is 3.45. The predicted octanol–water partition coefficient (Wildman–Crippen LogP) is 3.47. The van der Waals surface area contributed by atoms with Crippen LogP contribution in [0.25, 0.3) is 21.3 Å². The summed E-state index contributed by atoms with van der Waals surface area (Å²) in [5, 5.41) is 7.68. The Balaban J connectivity index is 1.18. The minimum Gasteiger partial charge on any atom is -0.354 e. The Hall–Kier alpha value is -3.50. The maximum absolute atomic E-state index is 12.9. The smallest absolute Gasteiger partial charge is 0.264 e. The number of benzene rings is 2. The molecule has 0 aliphatic heterocycles. The molecule has 3 heterocycles. The number of carbonyl (C=O) groups excluding carboxylic acids is 1. The molecule has 0 aliphatic rings. The number of hydrogen-bond donors (Lipinski definition) is 1. The standard InChI is InChI=1S/C24H22N6O2S2/c1-16-6-2-3-7-17(16)13-29-15-26-22-18(23(29)32)12-27-30(22)11-10-25-21(31)14-33-24-28-19-8-4-5-9-20(19)34-24/h2-9,12,15H,10-11,13-14H2,1H3,(H,25,31). The highest BCUT2D eigenvalue weighted by Crippen LogP contribution is 2.29. The van der Waals surface area contributed by atoms with Gasteiger partial charge in [-0.1, -0.05) is 48.2 Å². The molecule has 1 N–H and O–H groups in total. The second kappa shape index (κ2) is 9.78. The van der Waals surface area contributed by atoms with Gasteiger partial charge in [0.2, 0.25) is 5.91 Å². The lowest BCUT2D eigenvalue weighted by Gasteiger charge is -2.09. The lowest BCUT2D eigenvalue weighted by atomic mass is 10.1. The highest BCUT2D eigenvalue weighted by Gasteiger charge is 2.12. The molecule has 10 heteroatoms. The molecule has 34 heavy (non-hydrogen) atoms. The van der Waals surface area contributed by atoms with Crippen molar-refractivity contribution in [1.82, 2.24) is 29.6 Å². The van der Waals surface area contributed by atoms with Crippen LogP contribution in [-0.2, 0) is 17.9 Å². The molecule has 0 bridgehead atoms. The van der Waals surface area contributed by atoms with E-state index >= 15 is 0 Å². The van der Waals surface area contributed by atoms with Crippen LogP contribution < -0.4 is 10.9 Å². The van der Waals surface area contributed by atoms with Crippen molar-refractivity contribution in [2.24, 2.45) is 0 Å². The van der Waals surface area contributed by atoms with E-state index in [4.69, 9.17) is 0 Å². The first kappa shape index (κ1) is 22.3. The van der Waals surface area contributed by atoms with Crippen LogP contribution in [0.1, 0.15) is 11.1 Å². The molecule has 5 aromatic rings. The monoisotopic (exact) mass is 490 g/mol. The fraction of sp³-hybridized carbons (Fsp3) is 0.208. The van der Waals surface area contributed by atoms with Crippen LogP contribution in [-0.4, -0.2) is 42.5 Å². The third-order valence-electron chi connectivity index (χ3n) is 5.47. The molecule has 0 radical (unpaired) electrons. The van der Waals surface area contributed by atoms with Gasteiger partial charge in [0.1, 0.15) is 11.7 Å². The number of amides is 1. The summed E-state index contributed by atoms with van der Waals surface area (Å²) in [5.74, 6) is 0.218. The van der Waals surface area contributed by atoms with Gasteiger partial charge >= 0.3 is 0 Å². The van der Waals surface area contributed by atoms with Crippen molar-refractivity contribution in [2.75, 3.05) is 12.3 Å². The van der Waals surface area contributed by atoms with E-state index in [1.807, 2.05) is 55.5 Å². The van der Waals surface area contributed by atoms with E-state index < -0.39 is 0 Å². The molecular weight excluding hydrogens is 468 g/mol. The van der Waals surface area contributed by atoms with Gasteiger partial charge in [0.15, 0.2) is 9.99 Å². The topological polar surface area (TPSA) is 94.7 Å². The minimum absolute atomic E-state index is 0.0748. The first-order valence-electron chi connectivity index (χ1n) is 10.8. The zero-order chi connectivity index (χ0) is 23.5. The van der Waals surface area contributed by atoms with Crippen molar-refractivity contribution in [1.29, 1.82) is 0 Å². The summed E-state index contributed by atoms with van der Waals surface area (Å²) in [6, 6.07) is 15.9. The summed E-state index contributed by atoms with van der Waals surface area (Å²) < 4.78 is 5.23. The number of rotatable bonds is 8. The highest BCUT2D eigenvalue weighted by molar-refractivity contribution is 8.01. The second-order valence-corrected chi connectivity index (χ2v) is 10.0. The zero-order valence-electron chi connectivity index (χ0n) is 18.5. The number of fused-ring (bicyclic) bond motifs is 2. The lowest BCUT2D eigenvalue weighted by molar-refractivity contribution is -0.118. The van der Waals surface area contributed by atoms with E-state index in [1.54, 1.807) is 33.1 Å². The first-order valence-corrected chi connectivity index (χ1v) is 12.6. The van der Waals surface area contributed by atoms with Crippen molar-refractivity contribution in [3.8, 4) is 0 Å². The molecule has 3 aromatic heterocycles. The van der Waals surface area contributed by atoms with E-state index in [-0.39, 0.29) is 11.5 Å². The van der Waals surface area contributed by atoms with E-state index in [0.29, 0.717) is 36.4 Å². The van der Waals surface area contributed by atoms with Gasteiger partial charge in [-0.2, -0.15) is 5.10 Å². The molecule has 0 saturated carbocycles. The molecule has 1 amide bonds. The van der Waals surface area contributed by atoms with Crippen molar-refractivity contribution >= 4 is 50.3 Å². The Morgan fingerprint density at radius 3 is 2.82 bits per heavy atom. The number of aromatic nitrogens is 5. The second-order valence-electron chi connectivity index (χ2n) is 7.80. The molecule has 0 unspecified atom stereocenters. The lowest BCUT2D eigenvalue weighted by Crippen LogP contribution is -2.29. The Labute approximate surface area is 203 Å². The van der Waals surface area contributed by atoms with E-state index in [0.717, 1.165) is 25.7 Å². The van der Waals surface area contributed by atoms with E-state index in [9.17, 15) is 9.59 Å². The molecule has 2 aromatic carbocycles. The summed E-state index contributed by atoms with van der Waals surface area (Å²) >= 11 is 3.01. The maximum Gasteiger partial charge on any atom is 0.264 e. The van der Waals surface area contributed by atoms with Gasteiger partial charge in [0, 0.05) is 6.54 Å². The van der Waals surface area contributed by atoms with Crippen LogP contribution in [0.3, 0.4) is 0 Å². The van der Waals surface area contributed by atoms with Gasteiger partial charge in [-0.3, -0.25) is 14.2 Å². The summed E-state index contributed by atoms with van der Waals surface area (Å²) in [4.78, 5) is 34.2. The molecule has 8 nitrogen and oxygen atoms in total. The van der Waals surface area contributed by atoms with Crippen LogP contribution >= 0.6 is 23.1 Å². The quantitative estimate of drug-likeness (QED) is 0.335. The van der Waals surface area contributed by atoms with E-state index in [2.05, 4.69) is 20.4 Å². The number of nitrogens with one attached hydrogen (secondary N) is 1. The summed E-state index contributed by atoms with van der Waals surface area (Å²) in [5.41, 5.74) is 3.54. The number of aryl methyl sites for hydroxylation is 1. The van der Waals surface area contributed by atoms with Gasteiger partial charge in [-0.05, 0) is 30.2 Å². The van der Waals surface area contributed by atoms with Crippen LogP contribution in [0.4, 0.5) is 0 Å². The molecule has 0 fully saturated rings. The SMILES string of the molecule is Cc1ccccc1Cn1cnc2c(cnn2CCNC(=O)CSc2nc3ccccc3s2)c1=O. The number of nitrogens with zero attached hydrogens (tertiary/aromatic N) is 5. The van der Waals surface area contributed by atoms with Crippen LogP contribution in [0, 0.1) is 6.92 Å². The van der Waals surface area contributed by atoms with Gasteiger partial charge in [0.05, 0.1) is 35.3 Å². The van der Waals surface area contributed by atoms with Crippen molar-refractivity contribution in [2.45, 2.75) is 24.4 Å². The Bertz CT molecular complexity index is 1500. The zero-order valence-corrected chi connectivity index (χ0v) is 20.1. The number of thioether (sulfide) groups is 1. The van der Waals surface area contributed by atoms with Crippen LogP contribution in [0.5, 0.6) is 0 Å². The van der Waals surface area contributed by atoms with Crippen molar-refractivity contribution in [3.63, 3.8) is 0 Å². The summed E-state index contributed by atoms with van der Waals surface area (Å²) in [6.07, 6.45) is 3.10. The van der Waals surface area contributed by atoms with Crippen LogP contribution in [0.15, 0.2) is 70.2 Å². The third-order valence-corrected chi connectivity index (χ3v) is 7.65. The average molecular weight is 491 g/mol. The fourth-order valence-corrected chi connectivity index (χ4v) is 5.54. The Kier molecular flexibility index (Phi) is 6.41. The predicted molar refractivity (Wildman–Crippen MR) is 135 cm³/mol. The van der Waals surface area contributed by atoms with Crippen molar-refractivity contribution in [3.05, 3.63) is 82.5 Å². The number of carbonyl (C=O) groups is 1. The van der Waals surface area contributed by atoms with Gasteiger partial charge in [-0.15, -0.1) is 11.3 Å². The Morgan fingerprint density at radius 1 is 1.15 bits per heavy atom. The summed E-state index contributed by atoms with van der Waals surface area (Å²) in [7, 11) is 0. The summed E-state index contributed by atoms with van der Waals surface area (Å²) in [6.45, 7) is 3.30. The normalized spacial score (nSPS) is 11.3. The fourth-order valence-electron chi connectivity index (χ4n) is 3.64. The van der Waals surface area contributed by atoms with Gasteiger partial charge in [-0.25, -0.2) is 14.6 Å². The number of para-hydroxylation sites is 1. The minimum atomic E-state index is -0.129. The van der Waals surface area contributed by atoms with Gasteiger partial charge < -0.3 is 5.32 Å². The molecule has 0 saturated heterocycles. The largest absolute Gasteiger partial charge is 0.354 e.